The highest BCUT2D eigenvalue weighted by molar-refractivity contribution is 6.45. The zero-order valence-electron chi connectivity index (χ0n) is 13.7. The van der Waals surface area contributed by atoms with Gasteiger partial charge in [0.1, 0.15) is 0 Å². The van der Waals surface area contributed by atoms with Crippen LogP contribution in [-0.2, 0) is 11.8 Å². The third-order valence-corrected chi connectivity index (χ3v) is 5.32. The van der Waals surface area contributed by atoms with Gasteiger partial charge in [-0.1, -0.05) is 18.2 Å². The number of carbonyl (C=O) groups excluding carboxylic acids is 2. The Labute approximate surface area is 147 Å². The van der Waals surface area contributed by atoms with E-state index in [-0.39, 0.29) is 18.4 Å². The van der Waals surface area contributed by atoms with E-state index in [4.69, 9.17) is 0 Å². The Hall–Kier alpha value is -1.85. The molecule has 0 unspecified atom stereocenters. The van der Waals surface area contributed by atoms with Gasteiger partial charge in [0.15, 0.2) is 0 Å². The highest BCUT2D eigenvalue weighted by Gasteiger charge is 2.36. The zero-order chi connectivity index (χ0) is 16.0. The Balaban J connectivity index is 0.00000169. The summed E-state index contributed by atoms with van der Waals surface area (Å²) in [5.41, 5.74) is 1.45. The van der Waals surface area contributed by atoms with E-state index in [0.29, 0.717) is 11.5 Å². The first kappa shape index (κ1) is 17.0. The van der Waals surface area contributed by atoms with Gasteiger partial charge in [-0.05, 0) is 37.9 Å². The highest BCUT2D eigenvalue weighted by Crippen LogP contribution is 2.27. The van der Waals surface area contributed by atoms with E-state index >= 15 is 0 Å². The van der Waals surface area contributed by atoms with Crippen molar-refractivity contribution in [3.05, 3.63) is 36.0 Å². The molecule has 4 heterocycles. The molecule has 2 bridgehead atoms. The second-order valence-corrected chi connectivity index (χ2v) is 6.72. The Bertz CT molecular complexity index is 778. The van der Waals surface area contributed by atoms with Crippen molar-refractivity contribution < 1.29 is 22.0 Å². The fraction of sp³-hybridized carbons (Fsp3) is 0.444. The van der Waals surface area contributed by atoms with E-state index < -0.39 is 11.7 Å². The lowest BCUT2D eigenvalue weighted by Gasteiger charge is -2.44. The van der Waals surface area contributed by atoms with Crippen molar-refractivity contribution in [2.45, 2.75) is 18.9 Å². The van der Waals surface area contributed by atoms with Gasteiger partial charge in [0.25, 0.3) is 11.7 Å². The number of amides is 1. The summed E-state index contributed by atoms with van der Waals surface area (Å²) in [4.78, 5) is 27.4. The number of carbonyl (C=O) groups is 2. The normalized spacial score (nSPS) is 25.3. The van der Waals surface area contributed by atoms with Gasteiger partial charge in [-0.3, -0.25) is 9.59 Å². The number of aromatic nitrogens is 1. The number of ketones is 1. The summed E-state index contributed by atoms with van der Waals surface area (Å²) < 4.78 is 1.89. The number of rotatable bonds is 3. The number of hydrogen-bond donors (Lipinski definition) is 1. The molecule has 6 heteroatoms. The van der Waals surface area contributed by atoms with Crippen molar-refractivity contribution in [1.29, 1.82) is 0 Å². The van der Waals surface area contributed by atoms with Crippen LogP contribution in [0.15, 0.2) is 30.5 Å². The molecule has 0 spiro atoms. The van der Waals surface area contributed by atoms with Gasteiger partial charge >= 0.3 is 0 Å². The molecule has 24 heavy (non-hydrogen) atoms. The fourth-order valence-corrected chi connectivity index (χ4v) is 4.01. The van der Waals surface area contributed by atoms with Crippen LogP contribution in [0.2, 0.25) is 0 Å². The fourth-order valence-electron chi connectivity index (χ4n) is 4.01. The number of benzene rings is 1. The van der Waals surface area contributed by atoms with Gasteiger partial charge in [0, 0.05) is 36.7 Å². The molecule has 3 aliphatic rings. The summed E-state index contributed by atoms with van der Waals surface area (Å²) >= 11 is 0. The number of halogens is 1. The topological polar surface area (TPSA) is 54.3 Å². The third-order valence-electron chi connectivity index (χ3n) is 5.32. The minimum Gasteiger partial charge on any atom is -1.00 e. The van der Waals surface area contributed by atoms with Crippen LogP contribution in [0.5, 0.6) is 0 Å². The molecule has 1 aromatic heterocycles. The van der Waals surface area contributed by atoms with Crippen LogP contribution in [0.1, 0.15) is 23.2 Å². The Morgan fingerprint density at radius 3 is 2.54 bits per heavy atom. The minimum absolute atomic E-state index is 0. The number of aryl methyl sites for hydroxylation is 1. The first-order chi connectivity index (χ1) is 11.1. The first-order valence-corrected chi connectivity index (χ1v) is 8.25. The number of nitrogens with zero attached hydrogens (tertiary/aromatic N) is 2. The molecule has 128 valence electrons. The van der Waals surface area contributed by atoms with Gasteiger partial charge in [-0.15, -0.1) is 0 Å². The molecule has 5 rings (SSSR count). The van der Waals surface area contributed by atoms with Crippen molar-refractivity contribution in [3.63, 3.8) is 0 Å². The monoisotopic (exact) mass is 346 g/mol. The van der Waals surface area contributed by atoms with Crippen molar-refractivity contribution in [1.82, 2.24) is 14.8 Å². The van der Waals surface area contributed by atoms with E-state index in [1.54, 1.807) is 6.20 Å². The van der Waals surface area contributed by atoms with Gasteiger partial charge in [-0.2, -0.15) is 0 Å². The number of fused-ring (bicyclic) bond motifs is 4. The van der Waals surface area contributed by atoms with Crippen LogP contribution >= 0.6 is 0 Å². The molecule has 1 N–H and O–H groups in total. The Morgan fingerprint density at radius 2 is 1.88 bits per heavy atom. The molecule has 1 atom stereocenters. The molecular formula is C18H21ClN3O2-. The van der Waals surface area contributed by atoms with Crippen molar-refractivity contribution in [3.8, 4) is 0 Å². The lowest BCUT2D eigenvalue weighted by molar-refractivity contribution is -0.119. The molecule has 3 fully saturated rings. The van der Waals surface area contributed by atoms with Gasteiger partial charge in [0.05, 0.1) is 5.56 Å². The summed E-state index contributed by atoms with van der Waals surface area (Å²) in [6.07, 6.45) is 3.99. The number of para-hydroxylation sites is 1. The van der Waals surface area contributed by atoms with E-state index in [0.717, 1.165) is 43.4 Å². The summed E-state index contributed by atoms with van der Waals surface area (Å²) in [7, 11) is 1.89. The second-order valence-electron chi connectivity index (χ2n) is 6.72. The van der Waals surface area contributed by atoms with E-state index in [1.807, 2.05) is 35.9 Å². The van der Waals surface area contributed by atoms with Crippen molar-refractivity contribution in [2.75, 3.05) is 19.6 Å². The first-order valence-electron chi connectivity index (χ1n) is 8.25. The predicted molar refractivity (Wildman–Crippen MR) is 88.3 cm³/mol. The Morgan fingerprint density at radius 1 is 1.17 bits per heavy atom. The number of hydrogen-bond acceptors (Lipinski definition) is 3. The molecule has 1 amide bonds. The van der Waals surface area contributed by atoms with Crippen LogP contribution < -0.4 is 17.7 Å². The quantitative estimate of drug-likeness (QED) is 0.548. The zero-order valence-corrected chi connectivity index (χ0v) is 14.4. The smallest absolute Gasteiger partial charge is 0.292 e. The van der Waals surface area contributed by atoms with Crippen LogP contribution in [0.4, 0.5) is 0 Å². The van der Waals surface area contributed by atoms with Crippen molar-refractivity contribution in [2.24, 2.45) is 13.0 Å². The summed E-state index contributed by atoms with van der Waals surface area (Å²) in [5.74, 6) is -0.386. The minimum atomic E-state index is -0.472. The molecule has 3 saturated heterocycles. The van der Waals surface area contributed by atoms with E-state index in [9.17, 15) is 9.59 Å². The molecular weight excluding hydrogens is 326 g/mol. The number of piperidine rings is 3. The SMILES string of the molecule is Cn1cc(C(=O)C(=O)N[C@H]2CN3CCC2CC3)c2ccccc21.[Cl-]. The maximum Gasteiger partial charge on any atom is 0.292 e. The average Bonchev–Trinajstić information content (AvgIpc) is 2.92. The van der Waals surface area contributed by atoms with Crippen LogP contribution in [0.3, 0.4) is 0 Å². The maximum atomic E-state index is 12.6. The van der Waals surface area contributed by atoms with Crippen LogP contribution in [0, 0.1) is 5.92 Å². The molecule has 0 radical (unpaired) electrons. The number of nitrogens with one attached hydrogen (secondary N) is 1. The summed E-state index contributed by atoms with van der Waals surface area (Å²) in [6, 6.07) is 7.79. The predicted octanol–water partition coefficient (Wildman–Crippen LogP) is -1.42. The summed E-state index contributed by atoms with van der Waals surface area (Å²) in [5, 5.41) is 3.82. The molecule has 0 saturated carbocycles. The van der Waals surface area contributed by atoms with E-state index in [2.05, 4.69) is 10.2 Å². The lowest BCUT2D eigenvalue weighted by atomic mass is 9.84. The molecule has 2 aromatic rings. The highest BCUT2D eigenvalue weighted by atomic mass is 35.5. The maximum absolute atomic E-state index is 12.6. The average molecular weight is 347 g/mol. The van der Waals surface area contributed by atoms with Crippen LogP contribution in [-0.4, -0.2) is 46.8 Å². The van der Waals surface area contributed by atoms with Crippen molar-refractivity contribution >= 4 is 22.6 Å². The summed E-state index contributed by atoms with van der Waals surface area (Å²) in [6.45, 7) is 3.11. The van der Waals surface area contributed by atoms with Gasteiger partial charge in [0.2, 0.25) is 0 Å². The van der Waals surface area contributed by atoms with Gasteiger partial charge < -0.3 is 27.2 Å². The third kappa shape index (κ3) is 2.82. The number of Topliss-reactive ketones (excluding diaryl/α,β-unsaturated/α-hetero) is 1. The largest absolute Gasteiger partial charge is 1.00 e. The molecule has 0 aliphatic carbocycles. The second kappa shape index (κ2) is 6.57. The van der Waals surface area contributed by atoms with Gasteiger partial charge in [-0.25, -0.2) is 0 Å². The molecule has 3 aliphatic heterocycles. The Kier molecular flexibility index (Phi) is 4.65. The molecule has 5 nitrogen and oxygen atoms in total. The standard InChI is InChI=1S/C18H21N3O2.ClH/c1-20-10-14(13-4-2-3-5-16(13)20)17(22)18(23)19-15-11-21-8-6-12(15)7-9-21;/h2-5,10,12,15H,6-9,11H2,1H3,(H,19,23);1H/p-1/t15-;/m0./s1. The lowest BCUT2D eigenvalue weighted by Crippen LogP contribution is -3.00. The van der Waals surface area contributed by atoms with E-state index in [1.165, 1.54) is 0 Å². The van der Waals surface area contributed by atoms with Crippen LogP contribution in [0.25, 0.3) is 10.9 Å². The molecule has 1 aromatic carbocycles.